The molecule has 0 fully saturated rings. The fraction of sp³-hybridized carbons (Fsp3) is 0.240. The first-order valence-electron chi connectivity index (χ1n) is 10.6. The molecule has 188 valence electrons. The van der Waals surface area contributed by atoms with Gasteiger partial charge in [-0.2, -0.15) is 8.42 Å². The van der Waals surface area contributed by atoms with Crippen molar-refractivity contribution in [2.24, 2.45) is 5.73 Å². The number of rotatable bonds is 9. The maximum atomic E-state index is 13.9. The highest BCUT2D eigenvalue weighted by Crippen LogP contribution is 2.25. The molecule has 1 unspecified atom stereocenters. The topological polar surface area (TPSA) is 119 Å². The van der Waals surface area contributed by atoms with E-state index in [0.717, 1.165) is 16.7 Å². The summed E-state index contributed by atoms with van der Waals surface area (Å²) in [5, 5.41) is 3.06. The SMILES string of the molecule is CC(NCc1ccc(OCc2ccccc2F)c(Cc2cccc(F)c2)c1)C(N)=O.CS(=O)(=O)O. The Kier molecular flexibility index (Phi) is 10.3. The van der Waals surface area contributed by atoms with E-state index in [2.05, 4.69) is 5.32 Å². The van der Waals surface area contributed by atoms with Crippen LogP contribution in [0.25, 0.3) is 0 Å². The van der Waals surface area contributed by atoms with Crippen LogP contribution in [-0.4, -0.2) is 31.2 Å². The van der Waals surface area contributed by atoms with Gasteiger partial charge in [0.25, 0.3) is 10.1 Å². The number of primary amides is 1. The molecule has 0 saturated heterocycles. The van der Waals surface area contributed by atoms with Gasteiger partial charge in [-0.15, -0.1) is 0 Å². The number of amides is 1. The van der Waals surface area contributed by atoms with Crippen molar-refractivity contribution in [1.29, 1.82) is 0 Å². The van der Waals surface area contributed by atoms with Gasteiger partial charge in [-0.3, -0.25) is 9.35 Å². The molecule has 0 heterocycles. The summed E-state index contributed by atoms with van der Waals surface area (Å²) >= 11 is 0. The van der Waals surface area contributed by atoms with Gasteiger partial charge in [0.15, 0.2) is 0 Å². The quantitative estimate of drug-likeness (QED) is 0.382. The van der Waals surface area contributed by atoms with Gasteiger partial charge in [0, 0.05) is 18.5 Å². The van der Waals surface area contributed by atoms with Crippen molar-refractivity contribution in [3.05, 3.63) is 101 Å². The Morgan fingerprint density at radius 1 is 1.03 bits per heavy atom. The Balaban J connectivity index is 0.000000784. The molecule has 10 heteroatoms. The second kappa shape index (κ2) is 12.9. The standard InChI is InChI=1S/C24H24F2N2O2.CH4O3S/c1-16(24(27)29)28-14-18-9-10-23(30-15-19-6-2-3-8-22(19)26)20(12-18)11-17-5-4-7-21(25)13-17;1-5(2,3)4/h2-10,12-13,16,28H,11,14-15H2,1H3,(H2,27,29);1H3,(H,2,3,4). The maximum absolute atomic E-state index is 13.9. The van der Waals surface area contributed by atoms with Crippen LogP contribution in [0.4, 0.5) is 8.78 Å². The van der Waals surface area contributed by atoms with E-state index in [9.17, 15) is 22.0 Å². The largest absolute Gasteiger partial charge is 0.489 e. The molecule has 1 atom stereocenters. The van der Waals surface area contributed by atoms with E-state index in [0.29, 0.717) is 30.5 Å². The smallest absolute Gasteiger partial charge is 0.261 e. The van der Waals surface area contributed by atoms with Crippen LogP contribution >= 0.6 is 0 Å². The third-order valence-electron chi connectivity index (χ3n) is 4.79. The Labute approximate surface area is 203 Å². The molecule has 0 saturated carbocycles. The van der Waals surface area contributed by atoms with Crippen molar-refractivity contribution in [2.75, 3.05) is 6.26 Å². The van der Waals surface area contributed by atoms with Crippen LogP contribution in [-0.2, 0) is 34.5 Å². The normalized spacial score (nSPS) is 11.8. The van der Waals surface area contributed by atoms with Gasteiger partial charge >= 0.3 is 0 Å². The van der Waals surface area contributed by atoms with Gasteiger partial charge in [0.2, 0.25) is 5.91 Å². The molecule has 0 aliphatic heterocycles. The van der Waals surface area contributed by atoms with E-state index in [1.165, 1.54) is 18.2 Å². The Hall–Kier alpha value is -3.34. The number of carbonyl (C=O) groups is 1. The molecule has 0 radical (unpaired) electrons. The number of benzene rings is 3. The molecular formula is C25H28F2N2O5S. The van der Waals surface area contributed by atoms with Crippen molar-refractivity contribution in [1.82, 2.24) is 5.32 Å². The predicted octanol–water partition coefficient (Wildman–Crippen LogP) is 3.60. The minimum Gasteiger partial charge on any atom is -0.489 e. The summed E-state index contributed by atoms with van der Waals surface area (Å²) in [5.41, 5.74) is 8.30. The molecule has 35 heavy (non-hydrogen) atoms. The molecule has 3 aromatic carbocycles. The monoisotopic (exact) mass is 506 g/mol. The lowest BCUT2D eigenvalue weighted by Gasteiger charge is -2.15. The molecule has 0 bridgehead atoms. The lowest BCUT2D eigenvalue weighted by atomic mass is 10.0. The number of carbonyl (C=O) groups excluding carboxylic acids is 1. The minimum atomic E-state index is -3.67. The lowest BCUT2D eigenvalue weighted by Crippen LogP contribution is -2.38. The first-order chi connectivity index (χ1) is 16.4. The third-order valence-corrected chi connectivity index (χ3v) is 4.79. The fourth-order valence-electron chi connectivity index (χ4n) is 3.03. The highest BCUT2D eigenvalue weighted by Gasteiger charge is 2.11. The van der Waals surface area contributed by atoms with Crippen LogP contribution in [0.1, 0.15) is 29.2 Å². The zero-order valence-electron chi connectivity index (χ0n) is 19.4. The van der Waals surface area contributed by atoms with Crippen LogP contribution in [0, 0.1) is 11.6 Å². The first kappa shape index (κ1) is 27.9. The van der Waals surface area contributed by atoms with Crippen molar-refractivity contribution >= 4 is 16.0 Å². The Morgan fingerprint density at radius 3 is 2.34 bits per heavy atom. The van der Waals surface area contributed by atoms with Crippen LogP contribution in [0.3, 0.4) is 0 Å². The van der Waals surface area contributed by atoms with Gasteiger partial charge in [-0.05, 0) is 47.9 Å². The summed E-state index contributed by atoms with van der Waals surface area (Å²) in [7, 11) is -3.67. The van der Waals surface area contributed by atoms with E-state index in [1.807, 2.05) is 18.2 Å². The number of hydrogen-bond donors (Lipinski definition) is 3. The highest BCUT2D eigenvalue weighted by molar-refractivity contribution is 7.85. The second-order valence-corrected chi connectivity index (χ2v) is 9.33. The summed E-state index contributed by atoms with van der Waals surface area (Å²) in [4.78, 5) is 11.2. The number of nitrogens with one attached hydrogen (secondary N) is 1. The van der Waals surface area contributed by atoms with Gasteiger partial charge in [-0.25, -0.2) is 8.78 Å². The van der Waals surface area contributed by atoms with E-state index in [4.69, 9.17) is 15.0 Å². The average Bonchev–Trinajstić information content (AvgIpc) is 2.76. The van der Waals surface area contributed by atoms with Gasteiger partial charge in [0.1, 0.15) is 24.0 Å². The summed E-state index contributed by atoms with van der Waals surface area (Å²) in [6, 6.07) is 17.9. The zero-order chi connectivity index (χ0) is 26.0. The molecule has 0 aromatic heterocycles. The molecule has 1 amide bonds. The Bertz CT molecular complexity index is 1240. The number of nitrogens with two attached hydrogens (primary N) is 1. The van der Waals surface area contributed by atoms with Crippen molar-refractivity contribution in [3.63, 3.8) is 0 Å². The molecule has 0 spiro atoms. The number of ether oxygens (including phenoxy) is 1. The molecule has 0 aliphatic carbocycles. The molecule has 3 aromatic rings. The lowest BCUT2D eigenvalue weighted by molar-refractivity contribution is -0.119. The first-order valence-corrected chi connectivity index (χ1v) is 12.4. The van der Waals surface area contributed by atoms with Gasteiger partial charge in [0.05, 0.1) is 12.3 Å². The molecule has 0 aliphatic rings. The van der Waals surface area contributed by atoms with Crippen LogP contribution in [0.5, 0.6) is 5.75 Å². The van der Waals surface area contributed by atoms with E-state index >= 15 is 0 Å². The van der Waals surface area contributed by atoms with Crippen LogP contribution in [0.2, 0.25) is 0 Å². The van der Waals surface area contributed by atoms with Crippen molar-refractivity contribution in [3.8, 4) is 5.75 Å². The molecule has 4 N–H and O–H groups in total. The minimum absolute atomic E-state index is 0.0825. The van der Waals surface area contributed by atoms with E-state index in [1.54, 1.807) is 37.3 Å². The number of halogens is 2. The fourth-order valence-corrected chi connectivity index (χ4v) is 3.03. The van der Waals surface area contributed by atoms with Crippen molar-refractivity contribution < 1.29 is 31.3 Å². The molecule has 3 rings (SSSR count). The predicted molar refractivity (Wildman–Crippen MR) is 129 cm³/mol. The van der Waals surface area contributed by atoms with E-state index < -0.39 is 22.1 Å². The second-order valence-electron chi connectivity index (χ2n) is 7.87. The maximum Gasteiger partial charge on any atom is 0.261 e. The summed E-state index contributed by atoms with van der Waals surface area (Å²) in [6.07, 6.45) is 1.16. The van der Waals surface area contributed by atoms with E-state index in [-0.39, 0.29) is 18.2 Å². The van der Waals surface area contributed by atoms with Gasteiger partial charge < -0.3 is 15.8 Å². The van der Waals surface area contributed by atoms with Crippen LogP contribution in [0.15, 0.2) is 66.7 Å². The summed E-state index contributed by atoms with van der Waals surface area (Å²) in [6.45, 7) is 2.22. The van der Waals surface area contributed by atoms with Crippen LogP contribution < -0.4 is 15.8 Å². The third kappa shape index (κ3) is 10.6. The summed E-state index contributed by atoms with van der Waals surface area (Å²) in [5.74, 6) is -0.478. The summed E-state index contributed by atoms with van der Waals surface area (Å²) < 4.78 is 59.3. The highest BCUT2D eigenvalue weighted by atomic mass is 32.2. The van der Waals surface area contributed by atoms with Crippen molar-refractivity contribution in [2.45, 2.75) is 32.5 Å². The Morgan fingerprint density at radius 2 is 1.71 bits per heavy atom. The molecular weight excluding hydrogens is 478 g/mol. The average molecular weight is 507 g/mol. The molecule has 7 nitrogen and oxygen atoms in total. The van der Waals surface area contributed by atoms with Gasteiger partial charge in [-0.1, -0.05) is 42.5 Å². The number of hydrogen-bond acceptors (Lipinski definition) is 5. The zero-order valence-corrected chi connectivity index (χ0v) is 20.2.